The van der Waals surface area contributed by atoms with Gasteiger partial charge in [0.15, 0.2) is 0 Å². The topological polar surface area (TPSA) is 97.9 Å². The van der Waals surface area contributed by atoms with E-state index in [9.17, 15) is 0 Å². The van der Waals surface area contributed by atoms with Crippen molar-refractivity contribution in [3.05, 3.63) is 60.1 Å². The van der Waals surface area contributed by atoms with Gasteiger partial charge in [-0.3, -0.25) is 10.1 Å². The third kappa shape index (κ3) is 4.64. The van der Waals surface area contributed by atoms with Crippen molar-refractivity contribution in [3.8, 4) is 5.88 Å². The first-order chi connectivity index (χ1) is 17.3. The Bertz CT molecular complexity index is 1350. The molecule has 0 aliphatic carbocycles. The lowest BCUT2D eigenvalue weighted by molar-refractivity contribution is 0.329. The van der Waals surface area contributed by atoms with Gasteiger partial charge < -0.3 is 14.8 Å². The Morgan fingerprint density at radius 3 is 2.97 bits per heavy atom. The lowest BCUT2D eigenvalue weighted by Crippen LogP contribution is -2.10. The highest BCUT2D eigenvalue weighted by Crippen LogP contribution is 2.31. The fraction of sp³-hybridized carbons (Fsp3) is 0.333. The summed E-state index contributed by atoms with van der Waals surface area (Å²) in [6.45, 7) is 3.66. The van der Waals surface area contributed by atoms with Gasteiger partial charge in [-0.1, -0.05) is 18.7 Å². The molecule has 3 aromatic rings. The van der Waals surface area contributed by atoms with Crippen LogP contribution in [0.25, 0.3) is 16.6 Å². The van der Waals surface area contributed by atoms with Crippen LogP contribution in [0.4, 0.5) is 5.69 Å². The van der Waals surface area contributed by atoms with Gasteiger partial charge in [0, 0.05) is 28.5 Å². The van der Waals surface area contributed by atoms with Crippen LogP contribution in [0.3, 0.4) is 0 Å². The number of aromatic nitrogens is 4. The van der Waals surface area contributed by atoms with Crippen molar-refractivity contribution in [3.63, 3.8) is 0 Å². The highest BCUT2D eigenvalue weighted by Gasteiger charge is 2.20. The molecule has 0 bridgehead atoms. The van der Waals surface area contributed by atoms with Crippen LogP contribution in [-0.4, -0.2) is 39.3 Å². The number of rotatable bonds is 9. The molecule has 2 N–H and O–H groups in total. The Morgan fingerprint density at radius 1 is 1.47 bits per heavy atom. The number of hydrogen-bond acceptors (Lipinski definition) is 7. The fourth-order valence-corrected chi connectivity index (χ4v) is 3.36. The summed E-state index contributed by atoms with van der Waals surface area (Å²) in [4.78, 5) is 8.93. The van der Waals surface area contributed by atoms with Gasteiger partial charge >= 0.3 is 0 Å². The number of fused-ring (bicyclic) bond motifs is 1. The molecule has 0 aromatic carbocycles. The van der Waals surface area contributed by atoms with E-state index in [1.807, 2.05) is 31.5 Å². The molecule has 8 nitrogen and oxygen atoms in total. The normalized spacial score (nSPS) is 14.8. The number of nitrogens with one attached hydrogen (secondary N) is 2. The van der Waals surface area contributed by atoms with Crippen LogP contribution in [0.2, 0.25) is 0 Å². The molecule has 0 radical (unpaired) electrons. The Kier molecular flexibility index (Phi) is 5.34. The van der Waals surface area contributed by atoms with Gasteiger partial charge in [0.1, 0.15) is 11.0 Å². The van der Waals surface area contributed by atoms with Gasteiger partial charge in [-0.25, -0.2) is 9.97 Å². The van der Waals surface area contributed by atoms with Gasteiger partial charge in [0.2, 0.25) is 11.8 Å². The van der Waals surface area contributed by atoms with Gasteiger partial charge in [-0.15, -0.1) is 0 Å². The largest absolute Gasteiger partial charge is 0.481 e. The van der Waals surface area contributed by atoms with Crippen molar-refractivity contribution in [2.75, 3.05) is 19.0 Å². The van der Waals surface area contributed by atoms with Crippen LogP contribution >= 0.6 is 0 Å². The lowest BCUT2D eigenvalue weighted by Gasteiger charge is -2.16. The summed E-state index contributed by atoms with van der Waals surface area (Å²) in [5.74, 6) is -0.218. The molecule has 0 atom stereocenters. The third-order valence-corrected chi connectivity index (χ3v) is 4.78. The molecular weight excluding hydrogens is 404 g/mol. The van der Waals surface area contributed by atoms with Gasteiger partial charge in [-0.2, -0.15) is 5.10 Å². The number of ether oxygens (including phenoxy) is 2. The number of pyridine rings is 2. The van der Waals surface area contributed by atoms with Crippen molar-refractivity contribution < 1.29 is 16.3 Å². The third-order valence-electron chi connectivity index (χ3n) is 4.78. The van der Waals surface area contributed by atoms with Crippen LogP contribution in [0.5, 0.6) is 5.88 Å². The van der Waals surface area contributed by atoms with Crippen LogP contribution in [-0.2, 0) is 11.3 Å². The first-order valence-corrected chi connectivity index (χ1v) is 10.0. The van der Waals surface area contributed by atoms with Crippen LogP contribution in [0, 0.1) is 12.3 Å². The Balaban J connectivity index is 2.14. The monoisotopic (exact) mass is 439 g/mol. The van der Waals surface area contributed by atoms with E-state index in [-0.39, 0.29) is 17.3 Å². The second-order valence-corrected chi connectivity index (χ2v) is 7.25. The molecule has 168 valence electrons. The zero-order valence-corrected chi connectivity index (χ0v) is 18.6. The Labute approximate surface area is 195 Å². The molecule has 0 spiro atoms. The van der Waals surface area contributed by atoms with E-state index in [2.05, 4.69) is 22.0 Å². The van der Waals surface area contributed by atoms with Gasteiger partial charge in [0.05, 0.1) is 39.1 Å². The minimum Gasteiger partial charge on any atom is -0.481 e. The number of hydrogen-bond donors (Lipinski definition) is 2. The number of anilines is 1. The summed E-state index contributed by atoms with van der Waals surface area (Å²) >= 11 is 0. The summed E-state index contributed by atoms with van der Waals surface area (Å²) in [7, 11) is 1.54. The summed E-state index contributed by atoms with van der Waals surface area (Å²) in [6, 6.07) is 5.39. The average Bonchev–Trinajstić information content (AvgIpc) is 3.17. The van der Waals surface area contributed by atoms with Crippen LogP contribution in [0.1, 0.15) is 50.5 Å². The molecule has 0 fully saturated rings. The van der Waals surface area contributed by atoms with E-state index in [1.165, 1.54) is 12.2 Å². The molecule has 8 heteroatoms. The molecule has 0 aliphatic rings. The minimum atomic E-state index is -3.10. The molecule has 32 heavy (non-hydrogen) atoms. The zero-order valence-electron chi connectivity index (χ0n) is 23.6. The van der Waals surface area contributed by atoms with Crippen molar-refractivity contribution in [2.24, 2.45) is 0 Å². The van der Waals surface area contributed by atoms with E-state index >= 15 is 0 Å². The van der Waals surface area contributed by atoms with E-state index in [4.69, 9.17) is 26.7 Å². The quantitative estimate of drug-likeness (QED) is 0.279. The zero-order chi connectivity index (χ0) is 27.5. The molecule has 0 saturated carbocycles. The molecule has 0 aliphatic heterocycles. The highest BCUT2D eigenvalue weighted by atomic mass is 16.5. The maximum Gasteiger partial charge on any atom is 0.218 e. The Morgan fingerprint density at radius 2 is 2.28 bits per heavy atom. The molecule has 0 amide bonds. The van der Waals surface area contributed by atoms with E-state index < -0.39 is 19.3 Å². The number of allylic oxidation sites excluding steroid dienone is 2. The molecular formula is C24H30N6O2. The first-order valence-electron chi connectivity index (χ1n) is 12.5. The van der Waals surface area contributed by atoms with Crippen LogP contribution in [0.15, 0.2) is 43.1 Å². The highest BCUT2D eigenvalue weighted by molar-refractivity contribution is 6.18. The van der Waals surface area contributed by atoms with Crippen molar-refractivity contribution in [1.29, 1.82) is 5.41 Å². The number of aryl methyl sites for hydroxylation is 1. The fourth-order valence-electron chi connectivity index (χ4n) is 3.36. The SMILES string of the molecule is [2H]C([2H])([2H])C([2H])([2H])OC(=N)/C(=C\C=C)c1cc(NCc2cccnc2OC)c2c(n1)c(C)nn2C(C)C. The summed E-state index contributed by atoms with van der Waals surface area (Å²) in [5.41, 5.74) is 3.72. The standard InChI is InChI=1S/C24H30N6O2/c1-7-10-18(23(25)32-8-2)19-13-20(27-14-17-11-9-12-26-24(17)31-6)22-21(28-19)16(5)29-30(22)15(3)4/h7,9-13,15,25H,1,8,14H2,2-6H3,(H,27,28)/b18-10-,25-23?/i2D3,8D2. The maximum absolute atomic E-state index is 8.38. The van der Waals surface area contributed by atoms with E-state index in [0.29, 0.717) is 29.3 Å². The summed E-state index contributed by atoms with van der Waals surface area (Å²) in [6.07, 6.45) is 4.45. The second kappa shape index (κ2) is 10.1. The van der Waals surface area contributed by atoms with Crippen LogP contribution < -0.4 is 10.1 Å². The van der Waals surface area contributed by atoms with E-state index in [1.54, 1.807) is 25.4 Å². The maximum atomic E-state index is 8.38. The van der Waals surface area contributed by atoms with Gasteiger partial charge in [0.25, 0.3) is 0 Å². The number of methoxy groups -OCH3 is 1. The van der Waals surface area contributed by atoms with Crippen molar-refractivity contribution in [1.82, 2.24) is 19.7 Å². The molecule has 3 aromatic heterocycles. The van der Waals surface area contributed by atoms with Crippen molar-refractivity contribution >= 4 is 28.2 Å². The Hall–Kier alpha value is -3.68. The number of nitrogens with zero attached hydrogens (tertiary/aromatic N) is 4. The summed E-state index contributed by atoms with van der Waals surface area (Å²) in [5, 5.41) is 16.4. The lowest BCUT2D eigenvalue weighted by atomic mass is 10.1. The van der Waals surface area contributed by atoms with E-state index in [0.717, 1.165) is 11.1 Å². The second-order valence-electron chi connectivity index (χ2n) is 7.25. The molecule has 0 saturated heterocycles. The average molecular weight is 440 g/mol. The first kappa shape index (κ1) is 16.9. The molecule has 3 heterocycles. The van der Waals surface area contributed by atoms with Crippen molar-refractivity contribution in [2.45, 2.75) is 40.2 Å². The predicted molar refractivity (Wildman–Crippen MR) is 128 cm³/mol. The minimum absolute atomic E-state index is 0.0219. The summed E-state index contributed by atoms with van der Waals surface area (Å²) < 4.78 is 50.0. The molecule has 0 unspecified atom stereocenters. The van der Waals surface area contributed by atoms with Gasteiger partial charge in [-0.05, 0) is 45.8 Å². The molecule has 3 rings (SSSR count). The smallest absolute Gasteiger partial charge is 0.218 e. The predicted octanol–water partition coefficient (Wildman–Crippen LogP) is 4.92.